The number of ether oxygens (including phenoxy) is 1. The summed E-state index contributed by atoms with van der Waals surface area (Å²) in [6.07, 6.45) is 3.67. The van der Waals surface area contributed by atoms with E-state index in [0.29, 0.717) is 23.1 Å². The maximum absolute atomic E-state index is 11.7. The number of benzene rings is 2. The molecule has 3 atom stereocenters. The zero-order chi connectivity index (χ0) is 18.5. The lowest BCUT2D eigenvalue weighted by molar-refractivity contribution is 0.0526. The molecule has 26 heavy (non-hydrogen) atoms. The fourth-order valence-corrected chi connectivity index (χ4v) is 4.07. The zero-order valence-corrected chi connectivity index (χ0v) is 15.8. The Morgan fingerprint density at radius 3 is 2.69 bits per heavy atom. The van der Waals surface area contributed by atoms with Crippen LogP contribution in [0.4, 0.5) is 0 Å². The van der Waals surface area contributed by atoms with Crippen molar-refractivity contribution in [2.75, 3.05) is 6.61 Å². The van der Waals surface area contributed by atoms with Crippen LogP contribution < -0.4 is 0 Å². The molecular formula is C22H25ClO3. The maximum atomic E-state index is 11.7. The van der Waals surface area contributed by atoms with Crippen LogP contribution >= 0.6 is 11.6 Å². The molecule has 0 heterocycles. The quantitative estimate of drug-likeness (QED) is 0.708. The summed E-state index contributed by atoms with van der Waals surface area (Å²) >= 11 is 6.04. The molecule has 0 aromatic heterocycles. The first-order chi connectivity index (χ1) is 12.6. The molecule has 0 saturated heterocycles. The number of hydrogen-bond acceptors (Lipinski definition) is 3. The summed E-state index contributed by atoms with van der Waals surface area (Å²) in [5.41, 5.74) is 2.72. The molecule has 0 amide bonds. The van der Waals surface area contributed by atoms with Gasteiger partial charge >= 0.3 is 5.97 Å². The standard InChI is InChI=1S/C22H25ClO3/c1-2-26-22(25)17-9-6-15(7-10-17)12-16-8-11-19(13-16)21(24)18-4-3-5-20(23)14-18/h3-7,9-10,14,16,19,21,24H,2,8,11-13H2,1H3/t16?,19-,21+/m0/s1. The number of hydrogen-bond donors (Lipinski definition) is 1. The van der Waals surface area contributed by atoms with Crippen LogP contribution in [-0.2, 0) is 11.2 Å². The summed E-state index contributed by atoms with van der Waals surface area (Å²) in [6, 6.07) is 15.2. The van der Waals surface area contributed by atoms with Crippen molar-refractivity contribution in [3.63, 3.8) is 0 Å². The van der Waals surface area contributed by atoms with Gasteiger partial charge in [0.05, 0.1) is 18.3 Å². The van der Waals surface area contributed by atoms with Crippen molar-refractivity contribution in [2.45, 2.75) is 38.7 Å². The third-order valence-corrected chi connectivity index (χ3v) is 5.44. The molecule has 0 spiro atoms. The Balaban J connectivity index is 1.56. The summed E-state index contributed by atoms with van der Waals surface area (Å²) < 4.78 is 5.02. The highest BCUT2D eigenvalue weighted by Crippen LogP contribution is 2.40. The van der Waals surface area contributed by atoms with E-state index in [9.17, 15) is 9.90 Å². The average molecular weight is 373 g/mol. The molecule has 0 bridgehead atoms. The summed E-state index contributed by atoms with van der Waals surface area (Å²) in [5, 5.41) is 11.3. The fraction of sp³-hybridized carbons (Fsp3) is 0.409. The van der Waals surface area contributed by atoms with Gasteiger partial charge in [0.25, 0.3) is 0 Å². The van der Waals surface area contributed by atoms with Crippen molar-refractivity contribution in [3.8, 4) is 0 Å². The molecule has 3 rings (SSSR count). The molecule has 1 aliphatic rings. The van der Waals surface area contributed by atoms with Crippen LogP contribution in [0, 0.1) is 11.8 Å². The zero-order valence-electron chi connectivity index (χ0n) is 15.0. The van der Waals surface area contributed by atoms with E-state index in [4.69, 9.17) is 16.3 Å². The van der Waals surface area contributed by atoms with E-state index in [1.165, 1.54) is 5.56 Å². The highest BCUT2D eigenvalue weighted by atomic mass is 35.5. The third kappa shape index (κ3) is 4.66. The molecule has 2 aromatic carbocycles. The maximum Gasteiger partial charge on any atom is 0.338 e. The summed E-state index contributed by atoms with van der Waals surface area (Å²) in [5.74, 6) is 0.559. The van der Waals surface area contributed by atoms with Crippen LogP contribution in [0.25, 0.3) is 0 Å². The van der Waals surface area contributed by atoms with Crippen LogP contribution in [-0.4, -0.2) is 17.7 Å². The second-order valence-electron chi connectivity index (χ2n) is 7.06. The number of esters is 1. The molecule has 138 valence electrons. The molecule has 1 aliphatic carbocycles. The Morgan fingerprint density at radius 2 is 2.00 bits per heavy atom. The van der Waals surface area contributed by atoms with Gasteiger partial charge in [-0.1, -0.05) is 35.9 Å². The van der Waals surface area contributed by atoms with Crippen molar-refractivity contribution in [1.29, 1.82) is 0 Å². The van der Waals surface area contributed by atoms with Gasteiger partial charge in [0.2, 0.25) is 0 Å². The fourth-order valence-electron chi connectivity index (χ4n) is 3.87. The SMILES string of the molecule is CCOC(=O)c1ccc(CC2CC[C@H]([C@H](O)c3cccc(Cl)c3)C2)cc1. The van der Waals surface area contributed by atoms with E-state index in [2.05, 4.69) is 0 Å². The van der Waals surface area contributed by atoms with Gasteiger partial charge in [-0.15, -0.1) is 0 Å². The minimum atomic E-state index is -0.454. The number of carbonyl (C=O) groups excluding carboxylic acids is 1. The van der Waals surface area contributed by atoms with Gasteiger partial charge in [-0.05, 0) is 79.8 Å². The van der Waals surface area contributed by atoms with Crippen molar-refractivity contribution in [2.24, 2.45) is 11.8 Å². The van der Waals surface area contributed by atoms with Gasteiger partial charge in [-0.3, -0.25) is 0 Å². The van der Waals surface area contributed by atoms with Crippen molar-refractivity contribution in [1.82, 2.24) is 0 Å². The van der Waals surface area contributed by atoms with Crippen LogP contribution in [0.1, 0.15) is 53.8 Å². The van der Waals surface area contributed by atoms with E-state index in [-0.39, 0.29) is 11.9 Å². The molecule has 1 unspecified atom stereocenters. The lowest BCUT2D eigenvalue weighted by Gasteiger charge is -2.19. The van der Waals surface area contributed by atoms with E-state index in [1.54, 1.807) is 6.92 Å². The molecule has 1 N–H and O–H groups in total. The highest BCUT2D eigenvalue weighted by molar-refractivity contribution is 6.30. The summed E-state index contributed by atoms with van der Waals surface area (Å²) in [7, 11) is 0. The van der Waals surface area contributed by atoms with E-state index >= 15 is 0 Å². The van der Waals surface area contributed by atoms with E-state index < -0.39 is 6.10 Å². The second-order valence-corrected chi connectivity index (χ2v) is 7.50. The average Bonchev–Trinajstić information content (AvgIpc) is 3.10. The third-order valence-electron chi connectivity index (χ3n) is 5.21. The molecule has 1 saturated carbocycles. The molecule has 0 aliphatic heterocycles. The number of rotatable bonds is 6. The molecule has 0 radical (unpaired) electrons. The predicted molar refractivity (Wildman–Crippen MR) is 103 cm³/mol. The van der Waals surface area contributed by atoms with Crippen LogP contribution in [0.15, 0.2) is 48.5 Å². The first-order valence-electron chi connectivity index (χ1n) is 9.26. The molecule has 3 nitrogen and oxygen atoms in total. The number of carbonyl (C=O) groups is 1. The monoisotopic (exact) mass is 372 g/mol. The van der Waals surface area contributed by atoms with Gasteiger partial charge in [0, 0.05) is 5.02 Å². The molecular weight excluding hydrogens is 348 g/mol. The Bertz CT molecular complexity index is 741. The van der Waals surface area contributed by atoms with Crippen LogP contribution in [0.5, 0.6) is 0 Å². The van der Waals surface area contributed by atoms with Gasteiger partial charge in [0.15, 0.2) is 0 Å². The van der Waals surface area contributed by atoms with Crippen molar-refractivity contribution in [3.05, 3.63) is 70.2 Å². The van der Waals surface area contributed by atoms with Gasteiger partial charge in [-0.2, -0.15) is 0 Å². The normalized spacial score (nSPS) is 20.7. The smallest absolute Gasteiger partial charge is 0.338 e. The Hall–Kier alpha value is -1.84. The molecule has 1 fully saturated rings. The van der Waals surface area contributed by atoms with Crippen LogP contribution in [0.3, 0.4) is 0 Å². The Kier molecular flexibility index (Phi) is 6.33. The number of aliphatic hydroxyl groups excluding tert-OH is 1. The first kappa shape index (κ1) is 18.9. The topological polar surface area (TPSA) is 46.5 Å². The predicted octanol–water partition coefficient (Wildman–Crippen LogP) is 5.21. The number of halogens is 1. The van der Waals surface area contributed by atoms with Crippen molar-refractivity contribution >= 4 is 17.6 Å². The number of aliphatic hydroxyl groups is 1. The summed E-state index contributed by atoms with van der Waals surface area (Å²) in [6.45, 7) is 2.19. The lowest BCUT2D eigenvalue weighted by Crippen LogP contribution is -2.10. The molecule has 4 heteroatoms. The minimum Gasteiger partial charge on any atom is -0.462 e. The largest absolute Gasteiger partial charge is 0.462 e. The van der Waals surface area contributed by atoms with Gasteiger partial charge < -0.3 is 9.84 Å². The Labute approximate surface area is 160 Å². The van der Waals surface area contributed by atoms with Gasteiger partial charge in [0.1, 0.15) is 0 Å². The first-order valence-corrected chi connectivity index (χ1v) is 9.64. The lowest BCUT2D eigenvalue weighted by atomic mass is 9.91. The van der Waals surface area contributed by atoms with Gasteiger partial charge in [-0.25, -0.2) is 4.79 Å². The van der Waals surface area contributed by atoms with E-state index in [1.807, 2.05) is 48.5 Å². The minimum absolute atomic E-state index is 0.273. The van der Waals surface area contributed by atoms with Crippen LogP contribution in [0.2, 0.25) is 5.02 Å². The second kappa shape index (κ2) is 8.70. The Morgan fingerprint density at radius 1 is 1.23 bits per heavy atom. The highest BCUT2D eigenvalue weighted by Gasteiger charge is 2.30. The molecule has 2 aromatic rings. The van der Waals surface area contributed by atoms with Crippen molar-refractivity contribution < 1.29 is 14.6 Å². The van der Waals surface area contributed by atoms with E-state index in [0.717, 1.165) is 31.2 Å². The summed E-state index contributed by atoms with van der Waals surface area (Å²) in [4.78, 5) is 11.7.